The normalized spacial score (nSPS) is 20.1. The smallest absolute Gasteiger partial charge is 0.275 e. The molecule has 8 nitrogen and oxygen atoms in total. The number of hydrogen-bond donors (Lipinski definition) is 0. The van der Waals surface area contributed by atoms with Gasteiger partial charge in [0.1, 0.15) is 12.3 Å². The molecule has 8 heteroatoms. The molecule has 0 bridgehead atoms. The fraction of sp³-hybridized carbons (Fsp3) is 0.333. The molecule has 2 amide bonds. The third-order valence-electron chi connectivity index (χ3n) is 6.52. The Hall–Kier alpha value is -3.68. The van der Waals surface area contributed by atoms with E-state index in [0.717, 1.165) is 23.1 Å². The number of aromatic nitrogens is 2. The molecule has 2 aliphatic rings. The van der Waals surface area contributed by atoms with Gasteiger partial charge in [-0.3, -0.25) is 14.4 Å². The zero-order valence-electron chi connectivity index (χ0n) is 17.8. The number of likely N-dealkylation sites (tertiary alicyclic amines) is 2. The van der Waals surface area contributed by atoms with Crippen molar-refractivity contribution in [2.45, 2.75) is 38.0 Å². The molecule has 0 N–H and O–H groups in total. The van der Waals surface area contributed by atoms with Gasteiger partial charge < -0.3 is 14.5 Å². The number of methoxy groups -OCH3 is 1. The van der Waals surface area contributed by atoms with E-state index >= 15 is 0 Å². The van der Waals surface area contributed by atoms with Crippen molar-refractivity contribution < 1.29 is 14.3 Å². The lowest BCUT2D eigenvalue weighted by Gasteiger charge is -2.26. The molecule has 0 aliphatic carbocycles. The maximum absolute atomic E-state index is 13.1. The molecule has 2 saturated heterocycles. The van der Waals surface area contributed by atoms with Crippen molar-refractivity contribution in [2.75, 3.05) is 13.7 Å². The molecule has 0 saturated carbocycles. The van der Waals surface area contributed by atoms with Crippen LogP contribution in [0.15, 0.2) is 59.5 Å². The fourth-order valence-electron chi connectivity index (χ4n) is 4.92. The van der Waals surface area contributed by atoms with E-state index in [1.54, 1.807) is 30.3 Å². The second kappa shape index (κ2) is 8.11. The molecule has 164 valence electrons. The van der Waals surface area contributed by atoms with Crippen LogP contribution in [0.25, 0.3) is 10.8 Å². The average molecular weight is 432 g/mol. The van der Waals surface area contributed by atoms with Gasteiger partial charge in [0.25, 0.3) is 5.56 Å². The molecule has 2 atom stereocenters. The van der Waals surface area contributed by atoms with E-state index in [1.165, 1.54) is 4.68 Å². The third-order valence-corrected chi connectivity index (χ3v) is 6.52. The van der Waals surface area contributed by atoms with Gasteiger partial charge >= 0.3 is 0 Å². The Balaban J connectivity index is 1.33. The summed E-state index contributed by atoms with van der Waals surface area (Å²) >= 11 is 0. The summed E-state index contributed by atoms with van der Waals surface area (Å²) in [7, 11) is 1.62. The van der Waals surface area contributed by atoms with E-state index < -0.39 is 0 Å². The van der Waals surface area contributed by atoms with Gasteiger partial charge in [-0.15, -0.1) is 0 Å². The van der Waals surface area contributed by atoms with Gasteiger partial charge in [-0.1, -0.05) is 36.4 Å². The van der Waals surface area contributed by atoms with E-state index in [2.05, 4.69) is 5.10 Å². The quantitative estimate of drug-likeness (QED) is 0.614. The summed E-state index contributed by atoms with van der Waals surface area (Å²) in [6.07, 6.45) is 2.62. The van der Waals surface area contributed by atoms with Crippen LogP contribution >= 0.6 is 0 Å². The number of benzene rings is 2. The lowest BCUT2D eigenvalue weighted by atomic mass is 10.1. The van der Waals surface area contributed by atoms with Crippen LogP contribution in [0.1, 0.15) is 18.4 Å². The van der Waals surface area contributed by atoms with E-state index in [-0.39, 0.29) is 36.0 Å². The summed E-state index contributed by atoms with van der Waals surface area (Å²) in [4.78, 5) is 42.2. The third kappa shape index (κ3) is 3.41. The van der Waals surface area contributed by atoms with Crippen LogP contribution in [-0.4, -0.2) is 57.1 Å². The van der Waals surface area contributed by atoms with Crippen molar-refractivity contribution in [1.29, 1.82) is 0 Å². The van der Waals surface area contributed by atoms with Gasteiger partial charge in [0, 0.05) is 30.5 Å². The summed E-state index contributed by atoms with van der Waals surface area (Å²) in [6.45, 7) is 0.886. The van der Waals surface area contributed by atoms with Gasteiger partial charge in [-0.25, -0.2) is 4.68 Å². The molecule has 32 heavy (non-hydrogen) atoms. The highest BCUT2D eigenvalue weighted by molar-refractivity contribution is 5.84. The number of nitrogens with zero attached hydrogens (tertiary/aromatic N) is 4. The number of para-hydroxylation sites is 1. The highest BCUT2D eigenvalue weighted by atomic mass is 16.5. The Morgan fingerprint density at radius 2 is 1.88 bits per heavy atom. The van der Waals surface area contributed by atoms with Crippen LogP contribution in [0, 0.1) is 0 Å². The topological polar surface area (TPSA) is 84.7 Å². The minimum atomic E-state index is -0.285. The number of rotatable bonds is 5. The Bertz CT molecular complexity index is 1250. The Kier molecular flexibility index (Phi) is 5.13. The van der Waals surface area contributed by atoms with Gasteiger partial charge in [-0.05, 0) is 18.6 Å². The fourth-order valence-corrected chi connectivity index (χ4v) is 4.92. The van der Waals surface area contributed by atoms with Crippen LogP contribution in [0.2, 0.25) is 0 Å². The van der Waals surface area contributed by atoms with Crippen molar-refractivity contribution in [3.8, 4) is 5.75 Å². The predicted octanol–water partition coefficient (Wildman–Crippen LogP) is 1.81. The van der Waals surface area contributed by atoms with Gasteiger partial charge in [-0.2, -0.15) is 5.10 Å². The number of fused-ring (bicyclic) bond motifs is 2. The van der Waals surface area contributed by atoms with Gasteiger partial charge in [0.2, 0.25) is 11.8 Å². The number of carbonyl (C=O) groups is 2. The van der Waals surface area contributed by atoms with E-state index in [1.807, 2.05) is 41.3 Å². The summed E-state index contributed by atoms with van der Waals surface area (Å²) in [6, 6.07) is 14.6. The SMILES string of the molecule is COc1ccccc1CN1C(=O)C[C@H]2[C@@H]1CCN2C(=O)Cn1ncc2ccccc2c1=O. The van der Waals surface area contributed by atoms with E-state index in [0.29, 0.717) is 24.9 Å². The summed E-state index contributed by atoms with van der Waals surface area (Å²) < 4.78 is 6.64. The average Bonchev–Trinajstić information content (AvgIpc) is 3.35. The first-order chi connectivity index (χ1) is 15.6. The highest BCUT2D eigenvalue weighted by Crippen LogP contribution is 2.34. The molecule has 2 aliphatic heterocycles. The maximum atomic E-state index is 13.1. The minimum absolute atomic E-state index is 0.0300. The first-order valence-electron chi connectivity index (χ1n) is 10.7. The maximum Gasteiger partial charge on any atom is 0.275 e. The van der Waals surface area contributed by atoms with Crippen LogP contribution < -0.4 is 10.3 Å². The standard InChI is InChI=1S/C24H24N4O4/c1-32-21-9-5-3-7-17(21)14-27-19-10-11-26(20(19)12-22(27)29)23(30)15-28-24(31)18-8-4-2-6-16(18)13-25-28/h2-9,13,19-20H,10-12,14-15H2,1H3/t19-,20-/m0/s1. The van der Waals surface area contributed by atoms with Crippen molar-refractivity contribution in [3.63, 3.8) is 0 Å². The van der Waals surface area contributed by atoms with Gasteiger partial charge in [0.05, 0.1) is 30.8 Å². The number of amides is 2. The summed E-state index contributed by atoms with van der Waals surface area (Å²) in [5.41, 5.74) is 0.660. The lowest BCUT2D eigenvalue weighted by molar-refractivity contribution is -0.133. The van der Waals surface area contributed by atoms with E-state index in [9.17, 15) is 14.4 Å². The van der Waals surface area contributed by atoms with Crippen LogP contribution in [0.3, 0.4) is 0 Å². The van der Waals surface area contributed by atoms with Crippen LogP contribution in [0.5, 0.6) is 5.75 Å². The second-order valence-electron chi connectivity index (χ2n) is 8.24. The van der Waals surface area contributed by atoms with Crippen molar-refractivity contribution >= 4 is 22.6 Å². The number of carbonyl (C=O) groups excluding carboxylic acids is 2. The van der Waals surface area contributed by atoms with Crippen molar-refractivity contribution in [3.05, 3.63) is 70.6 Å². The Labute approximate surface area is 185 Å². The molecular weight excluding hydrogens is 408 g/mol. The Morgan fingerprint density at radius 1 is 1.09 bits per heavy atom. The molecule has 0 radical (unpaired) electrons. The highest BCUT2D eigenvalue weighted by Gasteiger charge is 2.48. The van der Waals surface area contributed by atoms with E-state index in [4.69, 9.17) is 4.74 Å². The van der Waals surface area contributed by atoms with Crippen LogP contribution in [-0.2, 0) is 22.7 Å². The van der Waals surface area contributed by atoms with Crippen molar-refractivity contribution in [1.82, 2.24) is 19.6 Å². The first kappa shape index (κ1) is 20.2. The molecule has 5 rings (SSSR count). The van der Waals surface area contributed by atoms with Crippen molar-refractivity contribution in [2.24, 2.45) is 0 Å². The molecule has 0 unspecified atom stereocenters. The molecule has 3 heterocycles. The molecule has 2 aromatic carbocycles. The molecule has 2 fully saturated rings. The molecule has 3 aromatic rings. The van der Waals surface area contributed by atoms with Gasteiger partial charge in [0.15, 0.2) is 0 Å². The predicted molar refractivity (Wildman–Crippen MR) is 118 cm³/mol. The summed E-state index contributed by atoms with van der Waals surface area (Å²) in [5, 5.41) is 5.46. The zero-order chi connectivity index (χ0) is 22.2. The summed E-state index contributed by atoms with van der Waals surface area (Å²) in [5.74, 6) is 0.593. The second-order valence-corrected chi connectivity index (χ2v) is 8.24. The number of ether oxygens (including phenoxy) is 1. The Morgan fingerprint density at radius 3 is 2.72 bits per heavy atom. The molecular formula is C24H24N4O4. The number of hydrogen-bond acceptors (Lipinski definition) is 5. The lowest BCUT2D eigenvalue weighted by Crippen LogP contribution is -2.42. The zero-order valence-corrected chi connectivity index (χ0v) is 17.8. The monoisotopic (exact) mass is 432 g/mol. The minimum Gasteiger partial charge on any atom is -0.496 e. The molecule has 1 aromatic heterocycles. The largest absolute Gasteiger partial charge is 0.496 e. The molecule has 0 spiro atoms. The first-order valence-corrected chi connectivity index (χ1v) is 10.7. The van der Waals surface area contributed by atoms with Crippen LogP contribution in [0.4, 0.5) is 0 Å².